The fourth-order valence-electron chi connectivity index (χ4n) is 3.50. The van der Waals surface area contributed by atoms with E-state index in [1.807, 2.05) is 41.3 Å². The standard InChI is InChI=1S/C23H29N3O2/c1-17(2)20-9-6-10-21(14-20)25-23(28)24-15-19-13-22(27)26(16-19)12-11-18-7-4-3-5-8-18/h3-10,14,17,19H,11-13,15-16H2,1-2H3,(H2,24,25,28)/t19-/m1/s1. The minimum absolute atomic E-state index is 0.163. The third-order valence-electron chi connectivity index (χ3n) is 5.17. The van der Waals surface area contributed by atoms with Gasteiger partial charge < -0.3 is 15.5 Å². The second-order valence-corrected chi connectivity index (χ2v) is 7.76. The molecule has 148 valence electrons. The van der Waals surface area contributed by atoms with Gasteiger partial charge in [-0.05, 0) is 35.6 Å². The van der Waals surface area contributed by atoms with Crippen LogP contribution in [0.2, 0.25) is 0 Å². The quantitative estimate of drug-likeness (QED) is 0.763. The van der Waals surface area contributed by atoms with Gasteiger partial charge in [-0.25, -0.2) is 4.79 Å². The fourth-order valence-corrected chi connectivity index (χ4v) is 3.50. The number of carbonyl (C=O) groups is 2. The summed E-state index contributed by atoms with van der Waals surface area (Å²) in [5.41, 5.74) is 3.21. The first-order valence-corrected chi connectivity index (χ1v) is 9.98. The molecule has 5 nitrogen and oxygen atoms in total. The van der Waals surface area contributed by atoms with Crippen LogP contribution in [0.4, 0.5) is 10.5 Å². The molecule has 3 rings (SSSR count). The zero-order chi connectivity index (χ0) is 19.9. The van der Waals surface area contributed by atoms with E-state index in [1.165, 1.54) is 11.1 Å². The molecule has 0 aromatic heterocycles. The second-order valence-electron chi connectivity index (χ2n) is 7.76. The normalized spacial score (nSPS) is 16.5. The molecule has 1 fully saturated rings. The summed E-state index contributed by atoms with van der Waals surface area (Å²) in [6.07, 6.45) is 1.36. The monoisotopic (exact) mass is 379 g/mol. The molecule has 0 saturated carbocycles. The number of nitrogens with one attached hydrogen (secondary N) is 2. The molecule has 28 heavy (non-hydrogen) atoms. The van der Waals surface area contributed by atoms with E-state index >= 15 is 0 Å². The molecular formula is C23H29N3O2. The summed E-state index contributed by atoms with van der Waals surface area (Å²) in [5, 5.41) is 5.79. The smallest absolute Gasteiger partial charge is 0.319 e. The summed E-state index contributed by atoms with van der Waals surface area (Å²) in [7, 11) is 0. The number of amides is 3. The maximum atomic E-state index is 12.2. The van der Waals surface area contributed by atoms with E-state index in [0.29, 0.717) is 25.4 Å². The van der Waals surface area contributed by atoms with Crippen molar-refractivity contribution in [1.82, 2.24) is 10.2 Å². The van der Waals surface area contributed by atoms with E-state index in [4.69, 9.17) is 0 Å². The van der Waals surface area contributed by atoms with Crippen molar-refractivity contribution in [1.29, 1.82) is 0 Å². The Morgan fingerprint density at radius 1 is 1.14 bits per heavy atom. The molecule has 3 amide bonds. The molecule has 1 aliphatic heterocycles. The van der Waals surface area contributed by atoms with Crippen molar-refractivity contribution in [3.63, 3.8) is 0 Å². The minimum atomic E-state index is -0.226. The van der Waals surface area contributed by atoms with Gasteiger partial charge in [0.1, 0.15) is 0 Å². The molecule has 5 heteroatoms. The summed E-state index contributed by atoms with van der Waals surface area (Å²) < 4.78 is 0. The van der Waals surface area contributed by atoms with E-state index in [-0.39, 0.29) is 17.9 Å². The summed E-state index contributed by atoms with van der Waals surface area (Å²) in [6, 6.07) is 17.9. The topological polar surface area (TPSA) is 61.4 Å². The second kappa shape index (κ2) is 9.40. The van der Waals surface area contributed by atoms with Gasteiger partial charge >= 0.3 is 6.03 Å². The Bertz CT molecular complexity index is 805. The van der Waals surface area contributed by atoms with Crippen molar-refractivity contribution in [3.8, 4) is 0 Å². The van der Waals surface area contributed by atoms with E-state index in [9.17, 15) is 9.59 Å². The zero-order valence-corrected chi connectivity index (χ0v) is 16.7. The van der Waals surface area contributed by atoms with Crippen molar-refractivity contribution in [2.45, 2.75) is 32.6 Å². The first kappa shape index (κ1) is 19.9. The van der Waals surface area contributed by atoms with E-state index < -0.39 is 0 Å². The van der Waals surface area contributed by atoms with Gasteiger partial charge in [-0.2, -0.15) is 0 Å². The van der Waals surface area contributed by atoms with Crippen LogP contribution in [0.15, 0.2) is 54.6 Å². The highest BCUT2D eigenvalue weighted by Gasteiger charge is 2.29. The SMILES string of the molecule is CC(C)c1cccc(NC(=O)NC[C@H]2CC(=O)N(CCc3ccccc3)C2)c1. The van der Waals surface area contributed by atoms with Crippen LogP contribution in [-0.2, 0) is 11.2 Å². The number of carbonyl (C=O) groups excluding carboxylic acids is 2. The minimum Gasteiger partial charge on any atom is -0.342 e. The van der Waals surface area contributed by atoms with Crippen LogP contribution in [-0.4, -0.2) is 36.5 Å². The number of hydrogen-bond acceptors (Lipinski definition) is 2. The maximum Gasteiger partial charge on any atom is 0.319 e. The number of anilines is 1. The lowest BCUT2D eigenvalue weighted by atomic mass is 10.0. The maximum absolute atomic E-state index is 12.2. The Hall–Kier alpha value is -2.82. The molecule has 1 saturated heterocycles. The molecule has 2 aromatic rings. The summed E-state index contributed by atoms with van der Waals surface area (Å²) in [6.45, 7) is 6.19. The predicted octanol–water partition coefficient (Wildman–Crippen LogP) is 4.02. The molecule has 0 unspecified atom stereocenters. The van der Waals surface area contributed by atoms with Gasteiger partial charge in [0.25, 0.3) is 0 Å². The lowest BCUT2D eigenvalue weighted by Crippen LogP contribution is -2.34. The summed E-state index contributed by atoms with van der Waals surface area (Å²) in [4.78, 5) is 26.3. The van der Waals surface area contributed by atoms with Crippen LogP contribution in [0.5, 0.6) is 0 Å². The van der Waals surface area contributed by atoms with Crippen LogP contribution in [0.25, 0.3) is 0 Å². The number of hydrogen-bond donors (Lipinski definition) is 2. The third kappa shape index (κ3) is 5.59. The summed E-state index contributed by atoms with van der Waals surface area (Å²) in [5.74, 6) is 0.750. The lowest BCUT2D eigenvalue weighted by molar-refractivity contribution is -0.127. The van der Waals surface area contributed by atoms with Crippen molar-refractivity contribution < 1.29 is 9.59 Å². The van der Waals surface area contributed by atoms with Crippen LogP contribution in [0.1, 0.15) is 37.3 Å². The van der Waals surface area contributed by atoms with Crippen LogP contribution < -0.4 is 10.6 Å². The molecule has 0 bridgehead atoms. The molecule has 0 radical (unpaired) electrons. The van der Waals surface area contributed by atoms with Crippen LogP contribution in [0.3, 0.4) is 0 Å². The first-order chi connectivity index (χ1) is 13.5. The Labute approximate surface area is 167 Å². The molecule has 0 aliphatic carbocycles. The highest BCUT2D eigenvalue weighted by atomic mass is 16.2. The number of nitrogens with zero attached hydrogens (tertiary/aromatic N) is 1. The first-order valence-electron chi connectivity index (χ1n) is 9.98. The Kier molecular flexibility index (Phi) is 6.69. The predicted molar refractivity (Wildman–Crippen MR) is 112 cm³/mol. The summed E-state index contributed by atoms with van der Waals surface area (Å²) >= 11 is 0. The molecule has 2 aromatic carbocycles. The van der Waals surface area contributed by atoms with Crippen molar-refractivity contribution in [3.05, 3.63) is 65.7 Å². The highest BCUT2D eigenvalue weighted by molar-refractivity contribution is 5.89. The molecular weight excluding hydrogens is 350 g/mol. The Morgan fingerprint density at radius 3 is 2.68 bits per heavy atom. The third-order valence-corrected chi connectivity index (χ3v) is 5.17. The molecule has 1 aliphatic rings. The Morgan fingerprint density at radius 2 is 1.93 bits per heavy atom. The van der Waals surface area contributed by atoms with Crippen molar-refractivity contribution in [2.24, 2.45) is 5.92 Å². The van der Waals surface area contributed by atoms with Gasteiger partial charge in [-0.1, -0.05) is 56.3 Å². The van der Waals surface area contributed by atoms with Gasteiger partial charge in [-0.3, -0.25) is 4.79 Å². The van der Waals surface area contributed by atoms with E-state index in [1.54, 1.807) is 0 Å². The van der Waals surface area contributed by atoms with Gasteiger partial charge in [0.05, 0.1) is 0 Å². The van der Waals surface area contributed by atoms with Gasteiger partial charge in [0, 0.05) is 37.7 Å². The van der Waals surface area contributed by atoms with Gasteiger partial charge in [0.15, 0.2) is 0 Å². The lowest BCUT2D eigenvalue weighted by Gasteiger charge is -2.17. The largest absolute Gasteiger partial charge is 0.342 e. The number of likely N-dealkylation sites (tertiary alicyclic amines) is 1. The zero-order valence-electron chi connectivity index (χ0n) is 16.7. The highest BCUT2D eigenvalue weighted by Crippen LogP contribution is 2.19. The van der Waals surface area contributed by atoms with Gasteiger partial charge in [0.2, 0.25) is 5.91 Å². The van der Waals surface area contributed by atoms with E-state index in [0.717, 1.165) is 18.7 Å². The average Bonchev–Trinajstić information content (AvgIpc) is 3.05. The molecule has 1 heterocycles. The number of urea groups is 1. The van der Waals surface area contributed by atoms with Crippen LogP contribution in [0, 0.1) is 5.92 Å². The number of benzene rings is 2. The number of rotatable bonds is 7. The Balaban J connectivity index is 1.43. The van der Waals surface area contributed by atoms with Crippen molar-refractivity contribution in [2.75, 3.05) is 25.0 Å². The van der Waals surface area contributed by atoms with Crippen LogP contribution >= 0.6 is 0 Å². The van der Waals surface area contributed by atoms with Gasteiger partial charge in [-0.15, -0.1) is 0 Å². The van der Waals surface area contributed by atoms with E-state index in [2.05, 4.69) is 42.7 Å². The van der Waals surface area contributed by atoms with Crippen molar-refractivity contribution >= 4 is 17.6 Å². The molecule has 0 spiro atoms. The molecule has 2 N–H and O–H groups in total. The average molecular weight is 380 g/mol. The molecule has 1 atom stereocenters. The fraction of sp³-hybridized carbons (Fsp3) is 0.391.